The van der Waals surface area contributed by atoms with E-state index in [9.17, 15) is 4.79 Å². The second-order valence-corrected chi connectivity index (χ2v) is 8.31. The van der Waals surface area contributed by atoms with Crippen LogP contribution in [0.15, 0.2) is 45.4 Å². The standard InChI is InChI=1S/C24H27N7O3/c1-3-7-34-8-6-31-20-9-16(15-4-5-21(33-2)26-11-15)12-27-22(20)30-23(24(31)32)28-14-17-13-25-18-10-19(18)29-17/h4-5,9,11-13,18-19H,3,6-8,10,14H2,1-2H3,(H,27,28,30). The van der Waals surface area contributed by atoms with E-state index in [4.69, 9.17) is 9.47 Å². The first-order valence-electron chi connectivity index (χ1n) is 11.5. The van der Waals surface area contributed by atoms with E-state index in [1.807, 2.05) is 12.1 Å². The van der Waals surface area contributed by atoms with Gasteiger partial charge < -0.3 is 14.8 Å². The molecule has 4 heterocycles. The number of rotatable bonds is 10. The quantitative estimate of drug-likeness (QED) is 0.461. The van der Waals surface area contributed by atoms with Crippen LogP contribution in [0.3, 0.4) is 0 Å². The van der Waals surface area contributed by atoms with Crippen molar-refractivity contribution in [1.82, 2.24) is 19.5 Å². The van der Waals surface area contributed by atoms with Crippen LogP contribution in [-0.2, 0) is 11.3 Å². The zero-order chi connectivity index (χ0) is 23.5. The molecule has 1 fully saturated rings. The molecule has 1 aliphatic carbocycles. The third-order valence-electron chi connectivity index (χ3n) is 5.80. The third-order valence-corrected chi connectivity index (χ3v) is 5.80. The third kappa shape index (κ3) is 4.67. The van der Waals surface area contributed by atoms with Crippen molar-refractivity contribution >= 4 is 28.9 Å². The Morgan fingerprint density at radius 1 is 1.15 bits per heavy atom. The van der Waals surface area contributed by atoms with Crippen LogP contribution in [0.5, 0.6) is 5.88 Å². The molecule has 0 bridgehead atoms. The van der Waals surface area contributed by atoms with Crippen molar-refractivity contribution < 1.29 is 9.47 Å². The number of hydrogen-bond donors (Lipinski definition) is 1. The predicted molar refractivity (Wildman–Crippen MR) is 131 cm³/mol. The number of anilines is 1. The Labute approximate surface area is 196 Å². The first-order chi connectivity index (χ1) is 16.7. The van der Waals surface area contributed by atoms with Gasteiger partial charge in [0.25, 0.3) is 5.56 Å². The Morgan fingerprint density at radius 3 is 2.79 bits per heavy atom. The number of ether oxygens (including phenoxy) is 2. The molecule has 1 saturated carbocycles. The van der Waals surface area contributed by atoms with E-state index < -0.39 is 0 Å². The molecule has 2 unspecified atom stereocenters. The molecule has 0 amide bonds. The molecule has 2 aliphatic rings. The molecule has 176 valence electrons. The molecule has 0 aromatic carbocycles. The summed E-state index contributed by atoms with van der Waals surface area (Å²) in [7, 11) is 1.58. The van der Waals surface area contributed by atoms with Gasteiger partial charge in [0.15, 0.2) is 11.5 Å². The summed E-state index contributed by atoms with van der Waals surface area (Å²) in [4.78, 5) is 35.8. The number of aliphatic imine (C=N–C) groups is 2. The van der Waals surface area contributed by atoms with Gasteiger partial charge in [-0.3, -0.25) is 19.3 Å². The lowest BCUT2D eigenvalue weighted by Crippen LogP contribution is -2.29. The highest BCUT2D eigenvalue weighted by Crippen LogP contribution is 2.31. The van der Waals surface area contributed by atoms with Crippen LogP contribution in [0.25, 0.3) is 22.3 Å². The molecule has 3 aromatic heterocycles. The molecular formula is C24H27N7O3. The van der Waals surface area contributed by atoms with E-state index in [2.05, 4.69) is 37.2 Å². The molecule has 5 rings (SSSR count). The number of pyridine rings is 2. The van der Waals surface area contributed by atoms with Crippen molar-refractivity contribution in [2.24, 2.45) is 9.98 Å². The lowest BCUT2D eigenvalue weighted by Gasteiger charge is -2.14. The van der Waals surface area contributed by atoms with Crippen LogP contribution in [0.4, 0.5) is 5.82 Å². The van der Waals surface area contributed by atoms with E-state index >= 15 is 0 Å². The normalized spacial score (nSPS) is 18.5. The highest BCUT2D eigenvalue weighted by Gasteiger charge is 2.38. The van der Waals surface area contributed by atoms with Gasteiger partial charge in [-0.1, -0.05) is 6.92 Å². The fourth-order valence-electron chi connectivity index (χ4n) is 3.85. The molecule has 0 saturated heterocycles. The first kappa shape index (κ1) is 22.1. The average molecular weight is 462 g/mol. The number of nitrogens with zero attached hydrogens (tertiary/aromatic N) is 6. The lowest BCUT2D eigenvalue weighted by atomic mass is 10.1. The molecule has 1 aliphatic heterocycles. The summed E-state index contributed by atoms with van der Waals surface area (Å²) in [5.41, 5.74) is 3.42. The maximum absolute atomic E-state index is 13.4. The van der Waals surface area contributed by atoms with Crippen molar-refractivity contribution in [3.8, 4) is 17.0 Å². The Kier molecular flexibility index (Phi) is 6.31. The smallest absolute Gasteiger partial charge is 0.293 e. The monoisotopic (exact) mass is 461 g/mol. The summed E-state index contributed by atoms with van der Waals surface area (Å²) in [5.74, 6) is 0.771. The van der Waals surface area contributed by atoms with Crippen LogP contribution in [-0.4, -0.2) is 70.4 Å². The van der Waals surface area contributed by atoms with E-state index in [0.29, 0.717) is 55.4 Å². The molecule has 3 aromatic rings. The fourth-order valence-corrected chi connectivity index (χ4v) is 3.85. The van der Waals surface area contributed by atoms with Gasteiger partial charge in [-0.05, 0) is 25.0 Å². The minimum Gasteiger partial charge on any atom is -0.481 e. The van der Waals surface area contributed by atoms with Crippen molar-refractivity contribution in [3.05, 3.63) is 40.9 Å². The summed E-state index contributed by atoms with van der Waals surface area (Å²) in [5, 5.41) is 3.14. The van der Waals surface area contributed by atoms with Crippen molar-refractivity contribution in [2.75, 3.05) is 32.2 Å². The van der Waals surface area contributed by atoms with Gasteiger partial charge in [-0.2, -0.15) is 0 Å². The number of nitrogens with one attached hydrogen (secondary N) is 1. The van der Waals surface area contributed by atoms with Gasteiger partial charge in [0.05, 0.1) is 43.6 Å². The maximum Gasteiger partial charge on any atom is 0.293 e. The molecule has 34 heavy (non-hydrogen) atoms. The fraction of sp³-hybridized carbons (Fsp3) is 0.417. The lowest BCUT2D eigenvalue weighted by molar-refractivity contribution is 0.127. The Hall–Kier alpha value is -3.66. The van der Waals surface area contributed by atoms with Crippen LogP contribution in [0, 0.1) is 0 Å². The van der Waals surface area contributed by atoms with Crippen LogP contribution in [0.1, 0.15) is 19.8 Å². The molecule has 0 radical (unpaired) electrons. The topological polar surface area (TPSA) is 116 Å². The van der Waals surface area contributed by atoms with E-state index in [1.54, 1.807) is 36.4 Å². The van der Waals surface area contributed by atoms with Gasteiger partial charge in [0.2, 0.25) is 5.88 Å². The van der Waals surface area contributed by atoms with Crippen molar-refractivity contribution in [3.63, 3.8) is 0 Å². The van der Waals surface area contributed by atoms with Gasteiger partial charge >= 0.3 is 0 Å². The summed E-state index contributed by atoms with van der Waals surface area (Å²) < 4.78 is 12.5. The van der Waals surface area contributed by atoms with Crippen LogP contribution in [0.2, 0.25) is 0 Å². The number of hydrogen-bond acceptors (Lipinski definition) is 9. The molecule has 10 nitrogen and oxygen atoms in total. The van der Waals surface area contributed by atoms with E-state index in [0.717, 1.165) is 29.7 Å². The summed E-state index contributed by atoms with van der Waals surface area (Å²) >= 11 is 0. The first-order valence-corrected chi connectivity index (χ1v) is 11.5. The van der Waals surface area contributed by atoms with Gasteiger partial charge in [0.1, 0.15) is 0 Å². The summed E-state index contributed by atoms with van der Waals surface area (Å²) in [6.07, 6.45) is 7.16. The minimum absolute atomic E-state index is 0.225. The van der Waals surface area contributed by atoms with Gasteiger partial charge in [-0.15, -0.1) is 0 Å². The summed E-state index contributed by atoms with van der Waals surface area (Å²) in [6, 6.07) is 6.25. The second-order valence-electron chi connectivity index (χ2n) is 8.31. The number of methoxy groups -OCH3 is 1. The zero-order valence-corrected chi connectivity index (χ0v) is 19.3. The Balaban J connectivity index is 1.47. The predicted octanol–water partition coefficient (Wildman–Crippen LogP) is 2.37. The molecule has 0 spiro atoms. The van der Waals surface area contributed by atoms with E-state index in [1.165, 1.54) is 0 Å². The van der Waals surface area contributed by atoms with E-state index in [-0.39, 0.29) is 11.4 Å². The Morgan fingerprint density at radius 2 is 2.03 bits per heavy atom. The highest BCUT2D eigenvalue weighted by molar-refractivity contribution is 6.32. The van der Waals surface area contributed by atoms with Gasteiger partial charge in [0, 0.05) is 49.0 Å². The average Bonchev–Trinajstić information content (AvgIpc) is 3.65. The van der Waals surface area contributed by atoms with Crippen LogP contribution >= 0.6 is 0 Å². The SMILES string of the molecule is CCCOCCn1c(=O)c(NCC2=NC3CC3N=C2)nc2ncc(-c3ccc(OC)nc3)cc21. The molecular weight excluding hydrogens is 434 g/mol. The highest BCUT2D eigenvalue weighted by atomic mass is 16.5. The summed E-state index contributed by atoms with van der Waals surface area (Å²) in [6.45, 7) is 3.90. The van der Waals surface area contributed by atoms with Crippen LogP contribution < -0.4 is 15.6 Å². The van der Waals surface area contributed by atoms with Crippen molar-refractivity contribution in [1.29, 1.82) is 0 Å². The van der Waals surface area contributed by atoms with Gasteiger partial charge in [-0.25, -0.2) is 15.0 Å². The largest absolute Gasteiger partial charge is 0.481 e. The maximum atomic E-state index is 13.4. The zero-order valence-electron chi connectivity index (χ0n) is 19.3. The van der Waals surface area contributed by atoms with Crippen molar-refractivity contribution in [2.45, 2.75) is 38.4 Å². The number of aromatic nitrogens is 4. The molecule has 10 heteroatoms. The second kappa shape index (κ2) is 9.68. The molecule has 2 atom stereocenters. The Bertz CT molecular complexity index is 1300. The minimum atomic E-state index is -0.225. The number of fused-ring (bicyclic) bond motifs is 2. The molecule has 1 N–H and O–H groups in total.